The molecule has 0 spiro atoms. The van der Waals surface area contributed by atoms with E-state index >= 15 is 0 Å². The lowest BCUT2D eigenvalue weighted by molar-refractivity contribution is 0.0935. The minimum Gasteiger partial charge on any atom is -0.467 e. The van der Waals surface area contributed by atoms with Crippen molar-refractivity contribution in [1.29, 1.82) is 0 Å². The highest BCUT2D eigenvalue weighted by Crippen LogP contribution is 2.13. The van der Waals surface area contributed by atoms with Gasteiger partial charge in [-0.3, -0.25) is 9.78 Å². The smallest absolute Gasteiger partial charge is 0.253 e. The molecule has 0 aliphatic carbocycles. The number of rotatable bonds is 3. The number of nitrogens with zero attached hydrogens (tertiary/aromatic N) is 1. The van der Waals surface area contributed by atoms with Gasteiger partial charge in [0, 0.05) is 16.0 Å². The average Bonchev–Trinajstić information content (AvgIpc) is 2.82. The SMILES string of the molecule is CC(NC(=O)c1cncc(I)c1)c1ccco1. The van der Waals surface area contributed by atoms with E-state index < -0.39 is 0 Å². The summed E-state index contributed by atoms with van der Waals surface area (Å²) in [6, 6.07) is 5.26. The largest absolute Gasteiger partial charge is 0.467 e. The molecule has 5 heteroatoms. The van der Waals surface area contributed by atoms with Crippen LogP contribution in [0.25, 0.3) is 0 Å². The highest BCUT2D eigenvalue weighted by molar-refractivity contribution is 14.1. The predicted molar refractivity (Wildman–Crippen MR) is 71.5 cm³/mol. The second kappa shape index (κ2) is 5.31. The Balaban J connectivity index is 2.07. The normalized spacial score (nSPS) is 12.1. The van der Waals surface area contributed by atoms with Gasteiger partial charge < -0.3 is 9.73 Å². The standard InChI is InChI=1S/C12H11IN2O2/c1-8(11-3-2-4-17-11)15-12(16)9-5-10(13)7-14-6-9/h2-8H,1H3,(H,15,16). The van der Waals surface area contributed by atoms with E-state index in [9.17, 15) is 4.79 Å². The molecule has 0 aliphatic rings. The molecule has 0 saturated heterocycles. The Kier molecular flexibility index (Phi) is 3.78. The molecule has 2 heterocycles. The average molecular weight is 342 g/mol. The van der Waals surface area contributed by atoms with Crippen molar-refractivity contribution in [3.8, 4) is 0 Å². The van der Waals surface area contributed by atoms with E-state index in [0.29, 0.717) is 5.56 Å². The summed E-state index contributed by atoms with van der Waals surface area (Å²) in [6.45, 7) is 1.87. The van der Waals surface area contributed by atoms with Gasteiger partial charge in [-0.15, -0.1) is 0 Å². The zero-order chi connectivity index (χ0) is 12.3. The van der Waals surface area contributed by atoms with Gasteiger partial charge in [-0.1, -0.05) is 0 Å². The first-order valence-electron chi connectivity index (χ1n) is 5.11. The van der Waals surface area contributed by atoms with Gasteiger partial charge in [0.2, 0.25) is 0 Å². The topological polar surface area (TPSA) is 55.1 Å². The number of hydrogen-bond acceptors (Lipinski definition) is 3. The Morgan fingerprint density at radius 3 is 3.00 bits per heavy atom. The van der Waals surface area contributed by atoms with Crippen molar-refractivity contribution >= 4 is 28.5 Å². The van der Waals surface area contributed by atoms with Gasteiger partial charge in [0.1, 0.15) is 5.76 Å². The second-order valence-corrected chi connectivity index (χ2v) is 4.85. The molecule has 1 atom stereocenters. The third-order valence-corrected chi connectivity index (χ3v) is 2.87. The van der Waals surface area contributed by atoms with Crippen molar-refractivity contribution in [2.45, 2.75) is 13.0 Å². The molecule has 1 unspecified atom stereocenters. The Morgan fingerprint density at radius 2 is 2.35 bits per heavy atom. The number of aromatic nitrogens is 1. The van der Waals surface area contributed by atoms with Crippen LogP contribution in [0.3, 0.4) is 0 Å². The Bertz CT molecular complexity index is 511. The van der Waals surface area contributed by atoms with Crippen LogP contribution in [0.1, 0.15) is 29.1 Å². The number of amides is 1. The third kappa shape index (κ3) is 3.06. The van der Waals surface area contributed by atoms with Crippen LogP contribution >= 0.6 is 22.6 Å². The van der Waals surface area contributed by atoms with E-state index in [1.165, 1.54) is 0 Å². The number of carbonyl (C=O) groups excluding carboxylic acids is 1. The van der Waals surface area contributed by atoms with E-state index in [4.69, 9.17) is 4.42 Å². The van der Waals surface area contributed by atoms with Crippen LogP contribution in [-0.2, 0) is 0 Å². The van der Waals surface area contributed by atoms with Crippen LogP contribution in [0.5, 0.6) is 0 Å². The lowest BCUT2D eigenvalue weighted by Crippen LogP contribution is -2.26. The lowest BCUT2D eigenvalue weighted by Gasteiger charge is -2.11. The van der Waals surface area contributed by atoms with E-state index in [0.717, 1.165) is 9.33 Å². The fourth-order valence-electron chi connectivity index (χ4n) is 1.42. The molecule has 0 radical (unpaired) electrons. The molecular weight excluding hydrogens is 331 g/mol. The molecule has 17 heavy (non-hydrogen) atoms. The van der Waals surface area contributed by atoms with Gasteiger partial charge in [-0.05, 0) is 47.7 Å². The minimum atomic E-state index is -0.157. The van der Waals surface area contributed by atoms with Gasteiger partial charge in [0.25, 0.3) is 5.91 Å². The van der Waals surface area contributed by atoms with Crippen LogP contribution in [0.4, 0.5) is 0 Å². The summed E-state index contributed by atoms with van der Waals surface area (Å²) in [7, 11) is 0. The van der Waals surface area contributed by atoms with E-state index in [1.54, 1.807) is 30.8 Å². The monoisotopic (exact) mass is 342 g/mol. The number of pyridine rings is 1. The molecule has 88 valence electrons. The maximum atomic E-state index is 11.9. The van der Waals surface area contributed by atoms with Crippen LogP contribution in [0.2, 0.25) is 0 Å². The van der Waals surface area contributed by atoms with Crippen molar-refractivity contribution in [1.82, 2.24) is 10.3 Å². The summed E-state index contributed by atoms with van der Waals surface area (Å²) in [5, 5.41) is 2.85. The maximum absolute atomic E-state index is 11.9. The zero-order valence-electron chi connectivity index (χ0n) is 9.18. The fraction of sp³-hybridized carbons (Fsp3) is 0.167. The number of furan rings is 1. The molecule has 0 aliphatic heterocycles. The van der Waals surface area contributed by atoms with E-state index in [2.05, 4.69) is 32.9 Å². The Labute approximate surface area is 113 Å². The summed E-state index contributed by atoms with van der Waals surface area (Å²) in [5.74, 6) is 0.580. The van der Waals surface area contributed by atoms with Crippen molar-refractivity contribution in [3.05, 3.63) is 51.7 Å². The summed E-state index contributed by atoms with van der Waals surface area (Å²) < 4.78 is 6.16. The van der Waals surface area contributed by atoms with Crippen molar-refractivity contribution in [2.75, 3.05) is 0 Å². The van der Waals surface area contributed by atoms with Gasteiger partial charge in [0.15, 0.2) is 0 Å². The van der Waals surface area contributed by atoms with Gasteiger partial charge >= 0.3 is 0 Å². The Morgan fingerprint density at radius 1 is 1.53 bits per heavy atom. The Hall–Kier alpha value is -1.37. The second-order valence-electron chi connectivity index (χ2n) is 3.60. The minimum absolute atomic E-state index is 0.153. The lowest BCUT2D eigenvalue weighted by atomic mass is 10.2. The molecule has 0 bridgehead atoms. The van der Waals surface area contributed by atoms with E-state index in [1.807, 2.05) is 13.0 Å². The van der Waals surface area contributed by atoms with Crippen LogP contribution in [0.15, 0.2) is 41.3 Å². The highest BCUT2D eigenvalue weighted by Gasteiger charge is 2.13. The summed E-state index contributed by atoms with van der Waals surface area (Å²) in [5.41, 5.74) is 0.551. The molecule has 4 nitrogen and oxygen atoms in total. The third-order valence-electron chi connectivity index (χ3n) is 2.28. The maximum Gasteiger partial charge on any atom is 0.253 e. The molecular formula is C12H11IN2O2. The van der Waals surface area contributed by atoms with Crippen molar-refractivity contribution < 1.29 is 9.21 Å². The first-order chi connectivity index (χ1) is 8.16. The quantitative estimate of drug-likeness (QED) is 0.873. The number of carbonyl (C=O) groups is 1. The molecule has 0 saturated carbocycles. The highest BCUT2D eigenvalue weighted by atomic mass is 127. The summed E-state index contributed by atoms with van der Waals surface area (Å²) >= 11 is 2.12. The van der Waals surface area contributed by atoms with Crippen LogP contribution in [-0.4, -0.2) is 10.9 Å². The van der Waals surface area contributed by atoms with E-state index in [-0.39, 0.29) is 11.9 Å². The van der Waals surface area contributed by atoms with Crippen molar-refractivity contribution in [3.63, 3.8) is 0 Å². The first kappa shape index (κ1) is 12.1. The number of halogens is 1. The van der Waals surface area contributed by atoms with Gasteiger partial charge in [0.05, 0.1) is 17.9 Å². The summed E-state index contributed by atoms with van der Waals surface area (Å²) in [4.78, 5) is 15.9. The summed E-state index contributed by atoms with van der Waals surface area (Å²) in [6.07, 6.45) is 4.84. The van der Waals surface area contributed by atoms with Crippen LogP contribution in [0, 0.1) is 3.57 Å². The molecule has 1 amide bonds. The van der Waals surface area contributed by atoms with Crippen LogP contribution < -0.4 is 5.32 Å². The molecule has 2 rings (SSSR count). The molecule has 0 fully saturated rings. The zero-order valence-corrected chi connectivity index (χ0v) is 11.3. The number of nitrogens with one attached hydrogen (secondary N) is 1. The van der Waals surface area contributed by atoms with Gasteiger partial charge in [-0.2, -0.15) is 0 Å². The van der Waals surface area contributed by atoms with Gasteiger partial charge in [-0.25, -0.2) is 0 Å². The molecule has 0 aromatic carbocycles. The number of hydrogen-bond donors (Lipinski definition) is 1. The van der Waals surface area contributed by atoms with Crippen molar-refractivity contribution in [2.24, 2.45) is 0 Å². The molecule has 1 N–H and O–H groups in total. The fourth-order valence-corrected chi connectivity index (χ4v) is 1.92. The predicted octanol–water partition coefficient (Wildman–Crippen LogP) is 2.77. The molecule has 2 aromatic rings. The molecule has 2 aromatic heterocycles. The first-order valence-corrected chi connectivity index (χ1v) is 6.19.